The summed E-state index contributed by atoms with van der Waals surface area (Å²) in [5, 5.41) is 2.87. The first-order valence-corrected chi connectivity index (χ1v) is 5.49. The number of aromatic nitrogens is 4. The largest absolute Gasteiger partial charge is 0.295 e. The van der Waals surface area contributed by atoms with Crippen LogP contribution in [0.2, 0.25) is 0 Å². The highest BCUT2D eigenvalue weighted by atomic mass is 16.1. The van der Waals surface area contributed by atoms with E-state index in [0.29, 0.717) is 11.5 Å². The van der Waals surface area contributed by atoms with Crippen molar-refractivity contribution < 1.29 is 0 Å². The van der Waals surface area contributed by atoms with Gasteiger partial charge >= 0.3 is 0 Å². The van der Waals surface area contributed by atoms with E-state index in [4.69, 9.17) is 0 Å². The average Bonchev–Trinajstić information content (AvgIpc) is 2.83. The predicted molar refractivity (Wildman–Crippen MR) is 67.4 cm³/mol. The lowest BCUT2D eigenvalue weighted by molar-refractivity contribution is 0.783. The molecule has 5 nitrogen and oxygen atoms in total. The molecule has 0 aliphatic rings. The molecule has 0 aliphatic carbocycles. The molecule has 3 rings (SSSR count). The maximum Gasteiger partial charge on any atom is 0.281 e. The minimum atomic E-state index is -0.160. The summed E-state index contributed by atoms with van der Waals surface area (Å²) in [5.41, 5.74) is 1.31. The van der Waals surface area contributed by atoms with Gasteiger partial charge in [-0.05, 0) is 11.6 Å². The standard InChI is InChI=1S/C13H10N4O/c18-12-11(10-5-2-1-3-6-10)9-16-17(12)13-14-7-4-8-15-13/h1-9,16H. The van der Waals surface area contributed by atoms with Crippen molar-refractivity contribution in [3.8, 4) is 17.1 Å². The van der Waals surface area contributed by atoms with Crippen molar-refractivity contribution in [3.05, 3.63) is 65.3 Å². The van der Waals surface area contributed by atoms with Crippen LogP contribution in [-0.2, 0) is 0 Å². The summed E-state index contributed by atoms with van der Waals surface area (Å²) in [4.78, 5) is 20.3. The molecule has 0 fully saturated rings. The average molecular weight is 238 g/mol. The molecule has 0 aliphatic heterocycles. The quantitative estimate of drug-likeness (QED) is 0.738. The molecular formula is C13H10N4O. The third-order valence-corrected chi connectivity index (χ3v) is 2.61. The third-order valence-electron chi connectivity index (χ3n) is 2.61. The van der Waals surface area contributed by atoms with E-state index in [1.165, 1.54) is 4.68 Å². The second kappa shape index (κ2) is 4.29. The number of hydrogen-bond acceptors (Lipinski definition) is 3. The third kappa shape index (κ3) is 1.71. The zero-order valence-corrected chi connectivity index (χ0v) is 9.45. The monoisotopic (exact) mass is 238 g/mol. The van der Waals surface area contributed by atoms with E-state index >= 15 is 0 Å². The van der Waals surface area contributed by atoms with E-state index in [9.17, 15) is 4.79 Å². The molecule has 88 valence electrons. The maximum atomic E-state index is 12.2. The molecule has 5 heteroatoms. The van der Waals surface area contributed by atoms with E-state index in [2.05, 4.69) is 15.1 Å². The number of nitrogens with one attached hydrogen (secondary N) is 1. The smallest absolute Gasteiger partial charge is 0.281 e. The van der Waals surface area contributed by atoms with Crippen molar-refractivity contribution in [2.45, 2.75) is 0 Å². The second-order valence-electron chi connectivity index (χ2n) is 3.74. The van der Waals surface area contributed by atoms with E-state index in [0.717, 1.165) is 5.56 Å². The summed E-state index contributed by atoms with van der Waals surface area (Å²) < 4.78 is 1.32. The zero-order valence-electron chi connectivity index (χ0n) is 9.45. The summed E-state index contributed by atoms with van der Waals surface area (Å²) in [6.07, 6.45) is 4.85. The molecule has 0 saturated carbocycles. The Morgan fingerprint density at radius 1 is 1.00 bits per heavy atom. The van der Waals surface area contributed by atoms with Gasteiger partial charge in [0, 0.05) is 18.6 Å². The molecule has 0 amide bonds. The van der Waals surface area contributed by atoms with Gasteiger partial charge in [0.1, 0.15) is 0 Å². The molecule has 3 aromatic rings. The molecule has 2 heterocycles. The van der Waals surface area contributed by atoms with Gasteiger partial charge in [0.2, 0.25) is 0 Å². The lowest BCUT2D eigenvalue weighted by Crippen LogP contribution is -2.17. The number of rotatable bonds is 2. The topological polar surface area (TPSA) is 63.6 Å². The summed E-state index contributed by atoms with van der Waals surface area (Å²) in [5.74, 6) is 0.338. The molecule has 0 radical (unpaired) electrons. The first kappa shape index (κ1) is 10.5. The fraction of sp³-hybridized carbons (Fsp3) is 0. The van der Waals surface area contributed by atoms with Crippen molar-refractivity contribution in [1.82, 2.24) is 19.7 Å². The van der Waals surface area contributed by atoms with Gasteiger partial charge in [-0.2, -0.15) is 4.68 Å². The molecule has 0 unspecified atom stereocenters. The lowest BCUT2D eigenvalue weighted by atomic mass is 10.1. The molecular weight excluding hydrogens is 228 g/mol. The van der Waals surface area contributed by atoms with E-state index < -0.39 is 0 Å². The van der Waals surface area contributed by atoms with Crippen LogP contribution >= 0.6 is 0 Å². The van der Waals surface area contributed by atoms with Crippen LogP contribution in [0.1, 0.15) is 0 Å². The Labute approximate surface area is 103 Å². The molecule has 0 spiro atoms. The Morgan fingerprint density at radius 2 is 1.72 bits per heavy atom. The van der Waals surface area contributed by atoms with Gasteiger partial charge in [-0.15, -0.1) is 0 Å². The predicted octanol–water partition coefficient (Wildman–Crippen LogP) is 1.62. The van der Waals surface area contributed by atoms with Crippen molar-refractivity contribution >= 4 is 0 Å². The number of benzene rings is 1. The van der Waals surface area contributed by atoms with Gasteiger partial charge in [0.15, 0.2) is 0 Å². The fourth-order valence-electron chi connectivity index (χ4n) is 1.75. The van der Waals surface area contributed by atoms with Crippen LogP contribution in [0.4, 0.5) is 0 Å². The molecule has 0 atom stereocenters. The zero-order chi connectivity index (χ0) is 12.4. The summed E-state index contributed by atoms with van der Waals surface area (Å²) in [6, 6.07) is 11.2. The second-order valence-corrected chi connectivity index (χ2v) is 3.74. The minimum Gasteiger partial charge on any atom is -0.295 e. The van der Waals surface area contributed by atoms with Crippen molar-refractivity contribution in [1.29, 1.82) is 0 Å². The highest BCUT2D eigenvalue weighted by molar-refractivity contribution is 5.61. The number of aromatic amines is 1. The Kier molecular flexibility index (Phi) is 2.49. The van der Waals surface area contributed by atoms with Gasteiger partial charge in [-0.3, -0.25) is 9.89 Å². The van der Waals surface area contributed by atoms with E-state index in [-0.39, 0.29) is 5.56 Å². The van der Waals surface area contributed by atoms with Gasteiger partial charge < -0.3 is 0 Å². The molecule has 0 bridgehead atoms. The first-order chi connectivity index (χ1) is 8.86. The van der Waals surface area contributed by atoms with Crippen LogP contribution < -0.4 is 5.56 Å². The first-order valence-electron chi connectivity index (χ1n) is 5.49. The Balaban J connectivity index is 2.12. The van der Waals surface area contributed by atoms with Crippen LogP contribution in [0, 0.1) is 0 Å². The van der Waals surface area contributed by atoms with E-state index in [1.807, 2.05) is 30.3 Å². The van der Waals surface area contributed by atoms with Crippen LogP contribution in [0.3, 0.4) is 0 Å². The summed E-state index contributed by atoms with van der Waals surface area (Å²) in [7, 11) is 0. The highest BCUT2D eigenvalue weighted by Gasteiger charge is 2.10. The summed E-state index contributed by atoms with van der Waals surface area (Å²) in [6.45, 7) is 0. The maximum absolute atomic E-state index is 12.2. The van der Waals surface area contributed by atoms with Crippen LogP contribution in [0.5, 0.6) is 0 Å². The normalized spacial score (nSPS) is 10.4. The molecule has 2 aromatic heterocycles. The molecule has 1 aromatic carbocycles. The van der Waals surface area contributed by atoms with Crippen LogP contribution in [0.15, 0.2) is 59.8 Å². The van der Waals surface area contributed by atoms with Gasteiger partial charge in [-0.25, -0.2) is 9.97 Å². The Morgan fingerprint density at radius 3 is 2.44 bits per heavy atom. The van der Waals surface area contributed by atoms with E-state index in [1.54, 1.807) is 24.7 Å². The fourth-order valence-corrected chi connectivity index (χ4v) is 1.75. The SMILES string of the molecule is O=c1c(-c2ccccc2)c[nH]n1-c1ncccn1. The molecule has 0 saturated heterocycles. The minimum absolute atomic E-state index is 0.160. The van der Waals surface area contributed by atoms with Crippen LogP contribution in [0.25, 0.3) is 17.1 Å². The number of nitrogens with zero attached hydrogens (tertiary/aromatic N) is 3. The van der Waals surface area contributed by atoms with Crippen LogP contribution in [-0.4, -0.2) is 19.7 Å². The van der Waals surface area contributed by atoms with Gasteiger partial charge in [-0.1, -0.05) is 30.3 Å². The Hall–Kier alpha value is -2.69. The molecule has 18 heavy (non-hydrogen) atoms. The lowest BCUT2D eigenvalue weighted by Gasteiger charge is -1.97. The number of hydrogen-bond donors (Lipinski definition) is 1. The van der Waals surface area contributed by atoms with Crippen molar-refractivity contribution in [2.24, 2.45) is 0 Å². The molecule has 1 N–H and O–H groups in total. The van der Waals surface area contributed by atoms with Gasteiger partial charge in [0.05, 0.1) is 5.56 Å². The van der Waals surface area contributed by atoms with Crippen molar-refractivity contribution in [3.63, 3.8) is 0 Å². The summed E-state index contributed by atoms with van der Waals surface area (Å²) >= 11 is 0. The highest BCUT2D eigenvalue weighted by Crippen LogP contribution is 2.13. The van der Waals surface area contributed by atoms with Gasteiger partial charge in [0.25, 0.3) is 11.5 Å². The number of H-pyrrole nitrogens is 1. The Bertz CT molecular complexity index is 641. The van der Waals surface area contributed by atoms with Crippen molar-refractivity contribution in [2.75, 3.05) is 0 Å².